The van der Waals surface area contributed by atoms with Gasteiger partial charge in [0.15, 0.2) is 0 Å². The van der Waals surface area contributed by atoms with Crippen LogP contribution in [0.1, 0.15) is 42.2 Å². The Labute approximate surface area is 181 Å². The minimum Gasteiger partial charge on any atom is -0.378 e. The first-order valence-corrected chi connectivity index (χ1v) is 10.5. The quantitative estimate of drug-likeness (QED) is 0.421. The fourth-order valence-electron chi connectivity index (χ4n) is 4.49. The first kappa shape index (κ1) is 20.6. The van der Waals surface area contributed by atoms with Gasteiger partial charge in [0.05, 0.1) is 11.0 Å². The van der Waals surface area contributed by atoms with Crippen LogP contribution in [0.3, 0.4) is 0 Å². The Balaban J connectivity index is 1.74. The van der Waals surface area contributed by atoms with Gasteiger partial charge in [0.25, 0.3) is 11.6 Å². The zero-order valence-corrected chi connectivity index (χ0v) is 17.6. The first-order valence-electron chi connectivity index (χ1n) is 10.5. The molecule has 0 bridgehead atoms. The fourth-order valence-corrected chi connectivity index (χ4v) is 4.49. The lowest BCUT2D eigenvalue weighted by molar-refractivity contribution is -0.384. The average Bonchev–Trinajstić information content (AvgIpc) is 2.80. The van der Waals surface area contributed by atoms with Crippen molar-refractivity contribution in [3.63, 3.8) is 0 Å². The molecule has 158 valence electrons. The summed E-state index contributed by atoms with van der Waals surface area (Å²) in [6.07, 6.45) is 0.793. The summed E-state index contributed by atoms with van der Waals surface area (Å²) in [6.45, 7) is 4.26. The molecule has 31 heavy (non-hydrogen) atoms. The summed E-state index contributed by atoms with van der Waals surface area (Å²) >= 11 is 0. The van der Waals surface area contributed by atoms with Crippen molar-refractivity contribution in [1.82, 2.24) is 0 Å². The van der Waals surface area contributed by atoms with Crippen molar-refractivity contribution >= 4 is 23.0 Å². The molecule has 0 radical (unpaired) electrons. The van der Waals surface area contributed by atoms with Gasteiger partial charge in [-0.3, -0.25) is 14.9 Å². The third kappa shape index (κ3) is 3.89. The largest absolute Gasteiger partial charge is 0.378 e. The number of nitrogens with one attached hydrogen (secondary N) is 1. The SMILES string of the molecule is CC[C@@H]1[C@H](C)[C@H](Nc2ccccc2)c2ccccc2N1C(=O)c1ccc([N+](=O)[O-])cc1. The molecule has 1 amide bonds. The maximum Gasteiger partial charge on any atom is 0.269 e. The van der Waals surface area contributed by atoms with E-state index in [1.807, 2.05) is 53.4 Å². The number of fused-ring (bicyclic) bond motifs is 1. The molecule has 0 spiro atoms. The second kappa shape index (κ2) is 8.60. The minimum atomic E-state index is -0.457. The predicted octanol–water partition coefficient (Wildman–Crippen LogP) is 5.82. The Hall–Kier alpha value is -3.67. The van der Waals surface area contributed by atoms with Crippen molar-refractivity contribution in [2.45, 2.75) is 32.4 Å². The van der Waals surface area contributed by atoms with Gasteiger partial charge in [-0.2, -0.15) is 0 Å². The number of nitro groups is 1. The zero-order chi connectivity index (χ0) is 22.0. The van der Waals surface area contributed by atoms with Crippen molar-refractivity contribution in [2.24, 2.45) is 5.92 Å². The van der Waals surface area contributed by atoms with E-state index in [2.05, 4.69) is 25.2 Å². The smallest absolute Gasteiger partial charge is 0.269 e. The summed E-state index contributed by atoms with van der Waals surface area (Å²) < 4.78 is 0. The Bertz CT molecular complexity index is 1080. The number of hydrogen-bond acceptors (Lipinski definition) is 4. The summed E-state index contributed by atoms with van der Waals surface area (Å²) in [5.41, 5.74) is 3.41. The highest BCUT2D eigenvalue weighted by molar-refractivity contribution is 6.07. The molecule has 3 atom stereocenters. The standard InChI is InChI=1S/C25H25N3O3/c1-3-22-17(2)24(26-19-9-5-4-6-10-19)21-11-7-8-12-23(21)27(22)25(29)18-13-15-20(16-14-18)28(30)31/h4-17,22,24,26H,3H2,1-2H3/t17-,22+,24-/m0/s1. The van der Waals surface area contributed by atoms with Crippen LogP contribution in [0.25, 0.3) is 0 Å². The molecule has 0 unspecified atom stereocenters. The van der Waals surface area contributed by atoms with Crippen LogP contribution in [0.5, 0.6) is 0 Å². The number of rotatable bonds is 5. The summed E-state index contributed by atoms with van der Waals surface area (Å²) in [6, 6.07) is 23.9. The summed E-state index contributed by atoms with van der Waals surface area (Å²) in [7, 11) is 0. The third-order valence-corrected chi connectivity index (χ3v) is 6.05. The summed E-state index contributed by atoms with van der Waals surface area (Å²) in [4.78, 5) is 25.9. The van der Waals surface area contributed by atoms with Gasteiger partial charge in [0.1, 0.15) is 0 Å². The number of carbonyl (C=O) groups is 1. The number of nitrogens with zero attached hydrogens (tertiary/aromatic N) is 2. The van der Waals surface area contributed by atoms with Crippen molar-refractivity contribution in [2.75, 3.05) is 10.2 Å². The van der Waals surface area contributed by atoms with Crippen molar-refractivity contribution in [3.05, 3.63) is 100 Å². The average molecular weight is 415 g/mol. The van der Waals surface area contributed by atoms with Gasteiger partial charge in [-0.25, -0.2) is 0 Å². The monoisotopic (exact) mass is 415 g/mol. The number of benzene rings is 3. The molecule has 6 nitrogen and oxygen atoms in total. The van der Waals surface area contributed by atoms with Crippen molar-refractivity contribution in [1.29, 1.82) is 0 Å². The molecule has 1 aliphatic rings. The van der Waals surface area contributed by atoms with Gasteiger partial charge in [-0.05, 0) is 42.3 Å². The van der Waals surface area contributed by atoms with Gasteiger partial charge < -0.3 is 10.2 Å². The topological polar surface area (TPSA) is 75.5 Å². The third-order valence-electron chi connectivity index (χ3n) is 6.05. The molecule has 3 aromatic rings. The Morgan fingerprint density at radius 3 is 2.29 bits per heavy atom. The number of carbonyl (C=O) groups excluding carboxylic acids is 1. The lowest BCUT2D eigenvalue weighted by Crippen LogP contribution is -2.50. The van der Waals surface area contributed by atoms with Crippen LogP contribution in [-0.2, 0) is 0 Å². The second-order valence-corrected chi connectivity index (χ2v) is 7.86. The van der Waals surface area contributed by atoms with E-state index in [0.29, 0.717) is 5.56 Å². The van der Waals surface area contributed by atoms with Gasteiger partial charge in [-0.15, -0.1) is 0 Å². The molecular weight excluding hydrogens is 390 g/mol. The number of hydrogen-bond donors (Lipinski definition) is 1. The fraction of sp³-hybridized carbons (Fsp3) is 0.240. The van der Waals surface area contributed by atoms with Crippen molar-refractivity contribution in [3.8, 4) is 0 Å². The van der Waals surface area contributed by atoms with E-state index in [4.69, 9.17) is 0 Å². The molecule has 4 rings (SSSR count). The van der Waals surface area contributed by atoms with Crippen LogP contribution in [0, 0.1) is 16.0 Å². The van der Waals surface area contributed by atoms with Crippen LogP contribution < -0.4 is 10.2 Å². The zero-order valence-electron chi connectivity index (χ0n) is 17.6. The van der Waals surface area contributed by atoms with E-state index in [9.17, 15) is 14.9 Å². The van der Waals surface area contributed by atoms with E-state index in [1.54, 1.807) is 0 Å². The van der Waals surface area contributed by atoms with Gasteiger partial charge in [-0.1, -0.05) is 50.2 Å². The summed E-state index contributed by atoms with van der Waals surface area (Å²) in [5, 5.41) is 14.6. The minimum absolute atomic E-state index is 0.0150. The molecule has 6 heteroatoms. The van der Waals surface area contributed by atoms with Gasteiger partial charge >= 0.3 is 0 Å². The molecule has 1 aliphatic heterocycles. The van der Waals surface area contributed by atoms with Gasteiger partial charge in [0, 0.05) is 41.0 Å². The predicted molar refractivity (Wildman–Crippen MR) is 122 cm³/mol. The van der Waals surface area contributed by atoms with E-state index in [-0.39, 0.29) is 29.6 Å². The van der Waals surface area contributed by atoms with E-state index in [1.165, 1.54) is 24.3 Å². The number of para-hydroxylation sites is 2. The maximum absolute atomic E-state index is 13.6. The number of nitro benzene ring substituents is 1. The number of anilines is 2. The van der Waals surface area contributed by atoms with Crippen molar-refractivity contribution < 1.29 is 9.72 Å². The molecule has 0 aromatic heterocycles. The van der Waals surface area contributed by atoms with Crippen LogP contribution in [0.4, 0.5) is 17.1 Å². The van der Waals surface area contributed by atoms with Crippen LogP contribution in [0.2, 0.25) is 0 Å². The second-order valence-electron chi connectivity index (χ2n) is 7.86. The number of amides is 1. The van der Waals surface area contributed by atoms with Crippen LogP contribution >= 0.6 is 0 Å². The van der Waals surface area contributed by atoms with E-state index < -0.39 is 4.92 Å². The van der Waals surface area contributed by atoms with Crippen LogP contribution in [0.15, 0.2) is 78.9 Å². The molecule has 0 fully saturated rings. The van der Waals surface area contributed by atoms with E-state index >= 15 is 0 Å². The first-order chi connectivity index (χ1) is 15.0. The number of non-ortho nitro benzene ring substituents is 1. The van der Waals surface area contributed by atoms with E-state index in [0.717, 1.165) is 23.4 Å². The molecule has 0 saturated heterocycles. The molecule has 1 N–H and O–H groups in total. The molecular formula is C25H25N3O3. The maximum atomic E-state index is 13.6. The summed E-state index contributed by atoms with van der Waals surface area (Å²) in [5.74, 6) is 0.0151. The van der Waals surface area contributed by atoms with Crippen LogP contribution in [-0.4, -0.2) is 16.9 Å². The molecule has 3 aromatic carbocycles. The molecule has 0 aliphatic carbocycles. The lowest BCUT2D eigenvalue weighted by Gasteiger charge is -2.45. The highest BCUT2D eigenvalue weighted by Crippen LogP contribution is 2.44. The Kier molecular flexibility index (Phi) is 5.71. The molecule has 0 saturated carbocycles. The highest BCUT2D eigenvalue weighted by atomic mass is 16.6. The lowest BCUT2D eigenvalue weighted by atomic mass is 9.80. The Morgan fingerprint density at radius 1 is 1.00 bits per heavy atom. The molecule has 1 heterocycles. The highest BCUT2D eigenvalue weighted by Gasteiger charge is 2.40. The Morgan fingerprint density at radius 2 is 1.65 bits per heavy atom. The van der Waals surface area contributed by atoms with Gasteiger partial charge in [0.2, 0.25) is 0 Å². The normalized spacial score (nSPS) is 20.1.